The Balaban J connectivity index is 1.88. The lowest BCUT2D eigenvalue weighted by atomic mass is 9.55. The van der Waals surface area contributed by atoms with Crippen molar-refractivity contribution in [3.63, 3.8) is 0 Å². The Bertz CT molecular complexity index is 1000. The van der Waals surface area contributed by atoms with E-state index in [1.54, 1.807) is 13.8 Å². The molecule has 4 unspecified atom stereocenters. The summed E-state index contributed by atoms with van der Waals surface area (Å²) in [5.74, 6) is 0.627. The Morgan fingerprint density at radius 1 is 1.02 bits per heavy atom. The number of allylic oxidation sites excluding steroid dienone is 4. The van der Waals surface area contributed by atoms with Gasteiger partial charge in [0.05, 0.1) is 17.8 Å². The summed E-state index contributed by atoms with van der Waals surface area (Å²) in [6.45, 7) is 12.9. The van der Waals surface area contributed by atoms with Crippen molar-refractivity contribution in [2.24, 2.45) is 22.7 Å². The van der Waals surface area contributed by atoms with Gasteiger partial charge in [-0.1, -0.05) is 50.6 Å². The first kappa shape index (κ1) is 33.1. The Labute approximate surface area is 238 Å². The molecule has 0 spiro atoms. The first-order valence-corrected chi connectivity index (χ1v) is 14.9. The highest BCUT2D eigenvalue weighted by Gasteiger charge is 2.55. The van der Waals surface area contributed by atoms with E-state index in [-0.39, 0.29) is 16.7 Å². The standard InChI is InChI=1S/C33H51F3O4/c1-22-24(20-25(37)21-27(22)38)12-11-23-10-7-18-31(5)26(23)13-14-28(31)30(4,16-8-15-29(2,3)39)17-9-19-32(6,40)33(34,35)36/h9,11-12,19,25-28,37-40H,1,7-8,10,13-18,20-21H2,2-6H3/b19-9+,23-11+,24-12-/t25?,26?,27-,28?,30+,31-,32?/m0/s1. The van der Waals surface area contributed by atoms with E-state index in [0.717, 1.165) is 63.5 Å². The number of aliphatic hydroxyl groups excluding tert-OH is 2. The molecule has 0 amide bonds. The zero-order valence-electron chi connectivity index (χ0n) is 25.0. The molecule has 4 N–H and O–H groups in total. The maximum Gasteiger partial charge on any atom is 0.420 e. The van der Waals surface area contributed by atoms with E-state index in [4.69, 9.17) is 0 Å². The molecular weight excluding hydrogens is 517 g/mol. The molecule has 3 aliphatic carbocycles. The van der Waals surface area contributed by atoms with Crippen LogP contribution in [-0.4, -0.2) is 50.0 Å². The molecule has 0 aromatic carbocycles. The number of aliphatic hydroxyl groups is 4. The molecule has 40 heavy (non-hydrogen) atoms. The van der Waals surface area contributed by atoms with Crippen molar-refractivity contribution in [3.05, 3.63) is 47.6 Å². The van der Waals surface area contributed by atoms with Crippen LogP contribution in [0.5, 0.6) is 0 Å². The topological polar surface area (TPSA) is 80.9 Å². The van der Waals surface area contributed by atoms with Crippen molar-refractivity contribution in [2.75, 3.05) is 0 Å². The van der Waals surface area contributed by atoms with Gasteiger partial charge < -0.3 is 20.4 Å². The predicted octanol–water partition coefficient (Wildman–Crippen LogP) is 7.33. The van der Waals surface area contributed by atoms with Gasteiger partial charge in [-0.3, -0.25) is 0 Å². The smallest absolute Gasteiger partial charge is 0.393 e. The van der Waals surface area contributed by atoms with Gasteiger partial charge in [0.1, 0.15) is 0 Å². The molecular formula is C33H51F3O4. The molecule has 7 atom stereocenters. The fourth-order valence-electron chi connectivity index (χ4n) is 7.85. The van der Waals surface area contributed by atoms with E-state index >= 15 is 0 Å². The minimum Gasteiger partial charge on any atom is -0.393 e. The summed E-state index contributed by atoms with van der Waals surface area (Å²) in [5, 5.41) is 40.7. The fourth-order valence-corrected chi connectivity index (χ4v) is 7.85. The van der Waals surface area contributed by atoms with E-state index in [1.165, 1.54) is 11.6 Å². The fraction of sp³-hybridized carbons (Fsp3) is 0.758. The van der Waals surface area contributed by atoms with Crippen LogP contribution in [0, 0.1) is 22.7 Å². The van der Waals surface area contributed by atoms with Crippen molar-refractivity contribution in [2.45, 2.75) is 135 Å². The Hall–Kier alpha value is -1.41. The van der Waals surface area contributed by atoms with Crippen LogP contribution in [0.1, 0.15) is 105 Å². The van der Waals surface area contributed by atoms with E-state index in [9.17, 15) is 33.6 Å². The van der Waals surface area contributed by atoms with Crippen molar-refractivity contribution >= 4 is 0 Å². The highest BCUT2D eigenvalue weighted by atomic mass is 19.4. The average Bonchev–Trinajstić information content (AvgIpc) is 3.17. The molecule has 7 heteroatoms. The molecule has 0 aliphatic heterocycles. The van der Waals surface area contributed by atoms with Gasteiger partial charge in [0.15, 0.2) is 5.60 Å². The third-order valence-corrected chi connectivity index (χ3v) is 10.2. The second-order valence-corrected chi connectivity index (χ2v) is 14.2. The number of fused-ring (bicyclic) bond motifs is 1. The second-order valence-electron chi connectivity index (χ2n) is 14.2. The lowest BCUT2D eigenvalue weighted by Crippen LogP contribution is -2.42. The lowest BCUT2D eigenvalue weighted by molar-refractivity contribution is -0.232. The largest absolute Gasteiger partial charge is 0.420 e. The van der Waals surface area contributed by atoms with E-state index in [2.05, 4.69) is 26.5 Å². The van der Waals surface area contributed by atoms with Gasteiger partial charge in [-0.2, -0.15) is 13.2 Å². The number of hydrogen-bond acceptors (Lipinski definition) is 4. The van der Waals surface area contributed by atoms with E-state index in [1.807, 2.05) is 6.08 Å². The second kappa shape index (κ2) is 12.1. The molecule has 3 rings (SSSR count). The summed E-state index contributed by atoms with van der Waals surface area (Å²) in [6.07, 6.45) is 8.99. The molecule has 3 fully saturated rings. The number of rotatable bonds is 9. The molecule has 0 aromatic heterocycles. The van der Waals surface area contributed by atoms with Crippen molar-refractivity contribution < 1.29 is 33.6 Å². The summed E-state index contributed by atoms with van der Waals surface area (Å²) in [6, 6.07) is 0. The molecule has 228 valence electrons. The van der Waals surface area contributed by atoms with Crippen LogP contribution in [0.4, 0.5) is 13.2 Å². The minimum atomic E-state index is -4.74. The summed E-state index contributed by atoms with van der Waals surface area (Å²) >= 11 is 0. The third kappa shape index (κ3) is 7.50. The van der Waals surface area contributed by atoms with Gasteiger partial charge >= 0.3 is 6.18 Å². The van der Waals surface area contributed by atoms with Crippen LogP contribution in [0.3, 0.4) is 0 Å². The zero-order valence-corrected chi connectivity index (χ0v) is 25.0. The van der Waals surface area contributed by atoms with Crippen LogP contribution in [-0.2, 0) is 0 Å². The van der Waals surface area contributed by atoms with Gasteiger partial charge in [0.2, 0.25) is 0 Å². The van der Waals surface area contributed by atoms with Gasteiger partial charge in [0, 0.05) is 6.42 Å². The van der Waals surface area contributed by atoms with Crippen molar-refractivity contribution in [1.29, 1.82) is 0 Å². The van der Waals surface area contributed by atoms with Gasteiger partial charge in [-0.05, 0) is 118 Å². The van der Waals surface area contributed by atoms with Crippen LogP contribution in [0.15, 0.2) is 47.6 Å². The third-order valence-electron chi connectivity index (χ3n) is 10.2. The number of alkyl halides is 3. The van der Waals surface area contributed by atoms with E-state index in [0.29, 0.717) is 37.2 Å². The Kier molecular flexibility index (Phi) is 9.98. The molecule has 0 heterocycles. The van der Waals surface area contributed by atoms with Gasteiger partial charge in [-0.15, -0.1) is 0 Å². The normalized spacial score (nSPS) is 35.2. The number of hydrogen-bond donors (Lipinski definition) is 4. The summed E-state index contributed by atoms with van der Waals surface area (Å²) in [5.41, 5.74) is -1.07. The minimum absolute atomic E-state index is 0.0188. The first-order valence-electron chi connectivity index (χ1n) is 14.9. The molecule has 0 radical (unpaired) electrons. The molecule has 0 aromatic rings. The van der Waals surface area contributed by atoms with E-state index < -0.39 is 29.6 Å². The zero-order chi connectivity index (χ0) is 30.1. The highest BCUT2D eigenvalue weighted by molar-refractivity contribution is 5.38. The summed E-state index contributed by atoms with van der Waals surface area (Å²) < 4.78 is 39.9. The van der Waals surface area contributed by atoms with Crippen LogP contribution in [0.2, 0.25) is 0 Å². The average molecular weight is 569 g/mol. The first-order chi connectivity index (χ1) is 18.3. The van der Waals surface area contributed by atoms with Gasteiger partial charge in [-0.25, -0.2) is 0 Å². The summed E-state index contributed by atoms with van der Waals surface area (Å²) in [7, 11) is 0. The quantitative estimate of drug-likeness (QED) is 0.220. The Morgan fingerprint density at radius 2 is 1.70 bits per heavy atom. The molecule has 3 saturated carbocycles. The SMILES string of the molecule is C=C1/C(=C\C=C2/CCC[C@@]3(C)C2CCC3[C@@](C)(C/C=C/C(C)(O)C(F)(F)F)CCCC(C)(C)O)CC(O)C[C@@H]1O. The molecule has 0 saturated heterocycles. The van der Waals surface area contributed by atoms with Crippen LogP contribution >= 0.6 is 0 Å². The number of halogens is 3. The highest BCUT2D eigenvalue weighted by Crippen LogP contribution is 2.63. The maximum atomic E-state index is 13.3. The Morgan fingerprint density at radius 3 is 2.33 bits per heavy atom. The summed E-state index contributed by atoms with van der Waals surface area (Å²) in [4.78, 5) is 0. The predicted molar refractivity (Wildman–Crippen MR) is 153 cm³/mol. The molecule has 0 bridgehead atoms. The molecule has 4 nitrogen and oxygen atoms in total. The molecule has 3 aliphatic rings. The van der Waals surface area contributed by atoms with Crippen LogP contribution in [0.25, 0.3) is 0 Å². The maximum absolute atomic E-state index is 13.3. The lowest BCUT2D eigenvalue weighted by Gasteiger charge is -2.49. The monoisotopic (exact) mass is 568 g/mol. The van der Waals surface area contributed by atoms with Gasteiger partial charge in [0.25, 0.3) is 0 Å². The van der Waals surface area contributed by atoms with Crippen molar-refractivity contribution in [1.82, 2.24) is 0 Å². The van der Waals surface area contributed by atoms with Crippen LogP contribution < -0.4 is 0 Å². The van der Waals surface area contributed by atoms with Crippen molar-refractivity contribution in [3.8, 4) is 0 Å².